The van der Waals surface area contributed by atoms with Crippen molar-refractivity contribution in [1.29, 1.82) is 0 Å². The van der Waals surface area contributed by atoms with Gasteiger partial charge in [0.1, 0.15) is 0 Å². The molecule has 1 saturated heterocycles. The van der Waals surface area contributed by atoms with E-state index in [1.807, 2.05) is 0 Å². The molecule has 19 heavy (non-hydrogen) atoms. The highest BCUT2D eigenvalue weighted by molar-refractivity contribution is 4.99. The first-order valence-corrected chi connectivity index (χ1v) is 8.53. The summed E-state index contributed by atoms with van der Waals surface area (Å²) >= 11 is 0. The van der Waals surface area contributed by atoms with Gasteiger partial charge < -0.3 is 5.32 Å². The molecule has 2 fully saturated rings. The molecule has 1 aliphatic carbocycles. The average Bonchev–Trinajstić information content (AvgIpc) is 2.62. The summed E-state index contributed by atoms with van der Waals surface area (Å²) in [7, 11) is 2.17. The molecule has 2 nitrogen and oxygen atoms in total. The second-order valence-corrected chi connectivity index (χ2v) is 7.36. The maximum Gasteiger partial charge on any atom is 0.0271 e. The topological polar surface area (TPSA) is 15.3 Å². The van der Waals surface area contributed by atoms with E-state index in [1.165, 1.54) is 57.9 Å². The Labute approximate surface area is 120 Å². The van der Waals surface area contributed by atoms with Crippen molar-refractivity contribution >= 4 is 0 Å². The maximum absolute atomic E-state index is 3.66. The van der Waals surface area contributed by atoms with E-state index in [-0.39, 0.29) is 0 Å². The van der Waals surface area contributed by atoms with Crippen molar-refractivity contribution in [2.45, 2.75) is 90.3 Å². The summed E-state index contributed by atoms with van der Waals surface area (Å²) in [6.07, 6.45) is 11.2. The highest BCUT2D eigenvalue weighted by Crippen LogP contribution is 2.39. The van der Waals surface area contributed by atoms with Crippen molar-refractivity contribution in [2.75, 3.05) is 13.6 Å². The summed E-state index contributed by atoms with van der Waals surface area (Å²) in [6, 6.07) is 2.25. The second kappa shape index (κ2) is 6.58. The van der Waals surface area contributed by atoms with Gasteiger partial charge in [0.15, 0.2) is 0 Å². The van der Waals surface area contributed by atoms with Crippen molar-refractivity contribution < 1.29 is 0 Å². The molecule has 0 aromatic heterocycles. The van der Waals surface area contributed by atoms with E-state index >= 15 is 0 Å². The third-order valence-corrected chi connectivity index (χ3v) is 5.68. The third-order valence-electron chi connectivity index (χ3n) is 5.68. The van der Waals surface area contributed by atoms with Crippen LogP contribution in [0.5, 0.6) is 0 Å². The standard InChI is InChI=1S/C17H34N2/c1-5-14-10-7-6-8-13-19(14)15-11-9-12-17(2,3)16(15)18-4/h14-16,18H,5-13H2,1-4H3. The predicted octanol–water partition coefficient (Wildman–Crippen LogP) is 3.81. The van der Waals surface area contributed by atoms with Crippen molar-refractivity contribution in [3.63, 3.8) is 0 Å². The summed E-state index contributed by atoms with van der Waals surface area (Å²) in [4.78, 5) is 2.88. The fraction of sp³-hybridized carbons (Fsp3) is 1.00. The molecule has 2 rings (SSSR count). The van der Waals surface area contributed by atoms with Crippen molar-refractivity contribution in [2.24, 2.45) is 5.41 Å². The molecule has 1 N–H and O–H groups in total. The molecule has 112 valence electrons. The lowest BCUT2D eigenvalue weighted by Gasteiger charge is -2.50. The minimum absolute atomic E-state index is 0.447. The Morgan fingerprint density at radius 2 is 1.89 bits per heavy atom. The third kappa shape index (κ3) is 3.33. The van der Waals surface area contributed by atoms with Gasteiger partial charge in [-0.05, 0) is 51.1 Å². The number of nitrogens with zero attached hydrogens (tertiary/aromatic N) is 1. The van der Waals surface area contributed by atoms with Crippen LogP contribution in [0.15, 0.2) is 0 Å². The van der Waals surface area contributed by atoms with Gasteiger partial charge in [0.2, 0.25) is 0 Å². The molecule has 2 aliphatic rings. The van der Waals surface area contributed by atoms with Gasteiger partial charge in [0.05, 0.1) is 0 Å². The summed E-state index contributed by atoms with van der Waals surface area (Å²) in [5.41, 5.74) is 0.447. The molecule has 0 aromatic carbocycles. The number of rotatable bonds is 3. The molecule has 0 aromatic rings. The van der Waals surface area contributed by atoms with Gasteiger partial charge in [-0.2, -0.15) is 0 Å². The molecule has 1 saturated carbocycles. The molecule has 3 unspecified atom stereocenters. The van der Waals surface area contributed by atoms with Crippen LogP contribution in [0.4, 0.5) is 0 Å². The zero-order chi connectivity index (χ0) is 13.9. The predicted molar refractivity (Wildman–Crippen MR) is 83.5 cm³/mol. The first kappa shape index (κ1) is 15.3. The lowest BCUT2D eigenvalue weighted by Crippen LogP contribution is -2.60. The van der Waals surface area contributed by atoms with Crippen LogP contribution in [0.1, 0.15) is 72.1 Å². The van der Waals surface area contributed by atoms with E-state index in [1.54, 1.807) is 0 Å². The van der Waals surface area contributed by atoms with Crippen LogP contribution in [0.25, 0.3) is 0 Å². The summed E-state index contributed by atoms with van der Waals surface area (Å²) < 4.78 is 0. The molecular weight excluding hydrogens is 232 g/mol. The number of hydrogen-bond acceptors (Lipinski definition) is 2. The number of likely N-dealkylation sites (tertiary alicyclic amines) is 1. The zero-order valence-electron chi connectivity index (χ0n) is 13.5. The molecule has 2 heteroatoms. The van der Waals surface area contributed by atoms with E-state index in [2.05, 4.69) is 38.0 Å². The molecular formula is C17H34N2. The summed E-state index contributed by atoms with van der Waals surface area (Å²) in [5.74, 6) is 0. The van der Waals surface area contributed by atoms with E-state index in [4.69, 9.17) is 0 Å². The van der Waals surface area contributed by atoms with Gasteiger partial charge in [0, 0.05) is 18.1 Å². The monoisotopic (exact) mass is 266 g/mol. The van der Waals surface area contributed by atoms with Gasteiger partial charge in [-0.25, -0.2) is 0 Å². The molecule has 0 radical (unpaired) electrons. The molecule has 1 aliphatic heterocycles. The Bertz CT molecular complexity index is 274. The fourth-order valence-corrected chi connectivity index (χ4v) is 4.62. The van der Waals surface area contributed by atoms with E-state index in [0.717, 1.165) is 12.1 Å². The second-order valence-electron chi connectivity index (χ2n) is 7.36. The zero-order valence-corrected chi connectivity index (χ0v) is 13.5. The summed E-state index contributed by atoms with van der Waals surface area (Å²) in [5, 5.41) is 3.66. The number of hydrogen-bond donors (Lipinski definition) is 1. The van der Waals surface area contributed by atoms with Crippen LogP contribution in [0.2, 0.25) is 0 Å². The van der Waals surface area contributed by atoms with Crippen LogP contribution in [0, 0.1) is 5.41 Å². The van der Waals surface area contributed by atoms with E-state index in [0.29, 0.717) is 11.5 Å². The first-order valence-electron chi connectivity index (χ1n) is 8.53. The normalized spacial score (nSPS) is 36.9. The minimum Gasteiger partial charge on any atom is -0.315 e. The van der Waals surface area contributed by atoms with Gasteiger partial charge >= 0.3 is 0 Å². The number of likely N-dealkylation sites (N-methyl/N-ethyl adjacent to an activating group) is 1. The largest absolute Gasteiger partial charge is 0.315 e. The van der Waals surface area contributed by atoms with Gasteiger partial charge in [-0.15, -0.1) is 0 Å². The molecule has 0 amide bonds. The Morgan fingerprint density at radius 3 is 2.58 bits per heavy atom. The fourth-order valence-electron chi connectivity index (χ4n) is 4.62. The average molecular weight is 266 g/mol. The highest BCUT2D eigenvalue weighted by Gasteiger charge is 2.42. The van der Waals surface area contributed by atoms with Gasteiger partial charge in [-0.3, -0.25) is 4.90 Å². The lowest BCUT2D eigenvalue weighted by atomic mass is 9.70. The maximum atomic E-state index is 3.66. The molecule has 3 atom stereocenters. The number of nitrogens with one attached hydrogen (secondary N) is 1. The molecule has 0 bridgehead atoms. The van der Waals surface area contributed by atoms with Crippen LogP contribution in [-0.2, 0) is 0 Å². The van der Waals surface area contributed by atoms with Crippen LogP contribution >= 0.6 is 0 Å². The quantitative estimate of drug-likeness (QED) is 0.835. The Kier molecular flexibility index (Phi) is 5.30. The minimum atomic E-state index is 0.447. The molecule has 1 heterocycles. The van der Waals surface area contributed by atoms with Gasteiger partial charge in [-0.1, -0.05) is 40.0 Å². The van der Waals surface area contributed by atoms with Crippen molar-refractivity contribution in [3.8, 4) is 0 Å². The van der Waals surface area contributed by atoms with Crippen molar-refractivity contribution in [1.82, 2.24) is 10.2 Å². The Hall–Kier alpha value is -0.0800. The highest BCUT2D eigenvalue weighted by atomic mass is 15.2. The Balaban J connectivity index is 2.16. The smallest absolute Gasteiger partial charge is 0.0271 e. The summed E-state index contributed by atoms with van der Waals surface area (Å²) in [6.45, 7) is 8.63. The first-order chi connectivity index (χ1) is 9.10. The van der Waals surface area contributed by atoms with Crippen LogP contribution in [0.3, 0.4) is 0 Å². The molecule has 0 spiro atoms. The van der Waals surface area contributed by atoms with Crippen molar-refractivity contribution in [3.05, 3.63) is 0 Å². The van der Waals surface area contributed by atoms with Crippen LogP contribution in [-0.4, -0.2) is 36.6 Å². The Morgan fingerprint density at radius 1 is 1.11 bits per heavy atom. The van der Waals surface area contributed by atoms with Crippen LogP contribution < -0.4 is 5.32 Å². The van der Waals surface area contributed by atoms with Gasteiger partial charge in [0.25, 0.3) is 0 Å². The van der Waals surface area contributed by atoms with E-state index in [9.17, 15) is 0 Å². The van der Waals surface area contributed by atoms with E-state index < -0.39 is 0 Å². The lowest BCUT2D eigenvalue weighted by molar-refractivity contribution is 0.0262. The SMILES string of the molecule is CCC1CCCCCN1C1CCCC(C)(C)C1NC.